The van der Waals surface area contributed by atoms with Crippen molar-refractivity contribution in [2.24, 2.45) is 0 Å². The molecule has 0 bridgehead atoms. The first-order valence-electron chi connectivity index (χ1n) is 20.5. The maximum absolute atomic E-state index is 12.6. The van der Waals surface area contributed by atoms with Gasteiger partial charge in [-0.15, -0.1) is 0 Å². The van der Waals surface area contributed by atoms with Gasteiger partial charge in [-0.25, -0.2) is 14.4 Å². The second kappa shape index (κ2) is 20.0. The topological polar surface area (TPSA) is 143 Å². The minimum atomic E-state index is -1.51. The molecule has 4 atom stereocenters. The molecular weight excluding hydrogens is 769 g/mol. The van der Waals surface area contributed by atoms with Crippen LogP contribution < -0.4 is 10.6 Å². The molecule has 0 radical (unpaired) electrons. The number of ether oxygens (including phenoxy) is 3. The normalized spacial score (nSPS) is 14.3. The summed E-state index contributed by atoms with van der Waals surface area (Å²) in [6, 6.07) is 50.4. The van der Waals surface area contributed by atoms with Crippen LogP contribution >= 0.6 is 0 Å². The fourth-order valence-electron chi connectivity index (χ4n) is 8.14. The van der Waals surface area contributed by atoms with Crippen LogP contribution in [0, 0.1) is 0 Å². The van der Waals surface area contributed by atoms with E-state index in [2.05, 4.69) is 51.8 Å². The zero-order valence-corrected chi connectivity index (χ0v) is 34.1. The summed E-state index contributed by atoms with van der Waals surface area (Å²) in [5.41, 5.74) is 11.1. The molecule has 10 heteroatoms. The molecule has 2 aliphatic carbocycles. The molecule has 8 rings (SSSR count). The Bertz CT molecular complexity index is 2330. The van der Waals surface area contributed by atoms with E-state index in [1.165, 1.54) is 29.4 Å². The number of alkyl carbamates (subject to hydrolysis) is 2. The Morgan fingerprint density at radius 2 is 0.885 bits per heavy atom. The fraction of sp³-hybridized carbons (Fsp3) is 0.235. The van der Waals surface area contributed by atoms with Crippen molar-refractivity contribution in [3.63, 3.8) is 0 Å². The highest BCUT2D eigenvalue weighted by molar-refractivity contribution is 5.80. The molecule has 2 amide bonds. The Morgan fingerprint density at radius 3 is 1.30 bits per heavy atom. The van der Waals surface area contributed by atoms with Gasteiger partial charge in [0, 0.05) is 18.3 Å². The van der Waals surface area contributed by atoms with Crippen LogP contribution in [0.5, 0.6) is 0 Å². The zero-order valence-electron chi connectivity index (χ0n) is 34.1. The van der Waals surface area contributed by atoms with Crippen molar-refractivity contribution in [3.8, 4) is 22.3 Å². The Labute approximate surface area is 356 Å². The highest BCUT2D eigenvalue weighted by Crippen LogP contribution is 2.45. The van der Waals surface area contributed by atoms with Crippen LogP contribution in [0.25, 0.3) is 22.3 Å². The summed E-state index contributed by atoms with van der Waals surface area (Å²) >= 11 is 0. The molecule has 0 saturated carbocycles. The van der Waals surface area contributed by atoms with Crippen molar-refractivity contribution < 1.29 is 38.8 Å². The van der Waals surface area contributed by atoms with Crippen LogP contribution in [-0.4, -0.2) is 73.0 Å². The van der Waals surface area contributed by atoms with Crippen molar-refractivity contribution >= 4 is 18.2 Å². The lowest BCUT2D eigenvalue weighted by Gasteiger charge is -2.23. The van der Waals surface area contributed by atoms with E-state index < -0.39 is 42.4 Å². The first kappa shape index (κ1) is 42.4. The number of benzene rings is 6. The van der Waals surface area contributed by atoms with E-state index in [0.29, 0.717) is 6.42 Å². The summed E-state index contributed by atoms with van der Waals surface area (Å²) in [5, 5.41) is 26.2. The summed E-state index contributed by atoms with van der Waals surface area (Å²) < 4.78 is 15.8. The lowest BCUT2D eigenvalue weighted by molar-refractivity contribution is -0.151. The van der Waals surface area contributed by atoms with Crippen LogP contribution in [0.3, 0.4) is 0 Å². The molecule has 6 aromatic rings. The number of carbonyl (C=O) groups is 3. The van der Waals surface area contributed by atoms with Crippen LogP contribution in [0.4, 0.5) is 9.59 Å². The van der Waals surface area contributed by atoms with Crippen molar-refractivity contribution in [2.45, 2.75) is 55.9 Å². The Morgan fingerprint density at radius 1 is 0.525 bits per heavy atom. The first-order chi connectivity index (χ1) is 29.7. The van der Waals surface area contributed by atoms with E-state index >= 15 is 0 Å². The predicted molar refractivity (Wildman–Crippen MR) is 234 cm³/mol. The smallest absolute Gasteiger partial charge is 0.407 e. The average molecular weight is 819 g/mol. The van der Waals surface area contributed by atoms with Gasteiger partial charge in [0.25, 0.3) is 0 Å². The van der Waals surface area contributed by atoms with E-state index in [9.17, 15) is 24.6 Å². The maximum Gasteiger partial charge on any atom is 0.407 e. The molecule has 0 heterocycles. The molecule has 0 spiro atoms. The van der Waals surface area contributed by atoms with E-state index in [0.717, 1.165) is 33.4 Å². The molecule has 312 valence electrons. The summed E-state index contributed by atoms with van der Waals surface area (Å²) in [6.45, 7) is 2.20. The molecule has 0 aliphatic heterocycles. The lowest BCUT2D eigenvalue weighted by atomic mass is 9.98. The summed E-state index contributed by atoms with van der Waals surface area (Å²) in [4.78, 5) is 36.9. The highest BCUT2D eigenvalue weighted by atomic mass is 16.6. The fourth-order valence-corrected chi connectivity index (χ4v) is 8.14. The molecule has 4 N–H and O–H groups in total. The van der Waals surface area contributed by atoms with Gasteiger partial charge in [-0.1, -0.05) is 158 Å². The van der Waals surface area contributed by atoms with Crippen LogP contribution in [-0.2, 0) is 31.8 Å². The quantitative estimate of drug-likeness (QED) is 0.0675. The summed E-state index contributed by atoms with van der Waals surface area (Å²) in [5.74, 6) is -0.867. The van der Waals surface area contributed by atoms with Crippen LogP contribution in [0.2, 0.25) is 0 Å². The Balaban J connectivity index is 0.000000185. The number of aliphatic hydroxyl groups excluding tert-OH is 2. The van der Waals surface area contributed by atoms with Crippen molar-refractivity contribution in [3.05, 3.63) is 191 Å². The number of amides is 2. The van der Waals surface area contributed by atoms with Gasteiger partial charge in [-0.2, -0.15) is 0 Å². The minimum absolute atomic E-state index is 0.0256. The number of rotatable bonds is 13. The van der Waals surface area contributed by atoms with Gasteiger partial charge in [0.15, 0.2) is 6.10 Å². The number of fused-ring (bicyclic) bond motifs is 6. The third kappa shape index (κ3) is 10.2. The highest BCUT2D eigenvalue weighted by Gasteiger charge is 2.32. The average Bonchev–Trinajstić information content (AvgIpc) is 3.79. The van der Waals surface area contributed by atoms with Crippen LogP contribution in [0.1, 0.15) is 52.1 Å². The zero-order chi connectivity index (χ0) is 42.7. The molecule has 2 aliphatic rings. The third-order valence-corrected chi connectivity index (χ3v) is 11.3. The number of esters is 1. The van der Waals surface area contributed by atoms with Gasteiger partial charge in [0.05, 0.1) is 25.3 Å². The molecule has 0 aromatic heterocycles. The number of aliphatic hydroxyl groups is 2. The molecule has 0 saturated heterocycles. The van der Waals surface area contributed by atoms with E-state index in [-0.39, 0.29) is 31.5 Å². The first-order valence-corrected chi connectivity index (χ1v) is 20.5. The number of methoxy groups -OCH3 is 1. The van der Waals surface area contributed by atoms with Gasteiger partial charge in [-0.05, 0) is 69.0 Å². The largest absolute Gasteiger partial charge is 0.467 e. The van der Waals surface area contributed by atoms with Gasteiger partial charge in [0.2, 0.25) is 0 Å². The third-order valence-electron chi connectivity index (χ3n) is 11.3. The molecule has 0 unspecified atom stereocenters. The second-order valence-electron chi connectivity index (χ2n) is 15.2. The van der Waals surface area contributed by atoms with Gasteiger partial charge >= 0.3 is 18.2 Å². The maximum atomic E-state index is 12.6. The predicted octanol–water partition coefficient (Wildman–Crippen LogP) is 8.19. The second-order valence-corrected chi connectivity index (χ2v) is 15.2. The number of carbonyl (C=O) groups excluding carboxylic acids is 3. The van der Waals surface area contributed by atoms with Gasteiger partial charge in [0.1, 0.15) is 13.2 Å². The number of nitrogens with one attached hydrogen (secondary N) is 2. The SMILES string of the molecule is COC(=O)[C@@H](O)[C@@H](Cc1ccccc1)NC(=O)OCC1c2ccccc2-c2ccccc21.C[C@@H](NC(=O)OCC1c2ccccc2-c2ccccc21)[C@H](O)Cc1ccccc1. The minimum Gasteiger partial charge on any atom is -0.467 e. The number of hydrogen-bond acceptors (Lipinski definition) is 8. The molecular formula is C51H50N2O8. The van der Waals surface area contributed by atoms with Crippen molar-refractivity contribution in [1.82, 2.24) is 10.6 Å². The lowest BCUT2D eigenvalue weighted by Crippen LogP contribution is -2.49. The van der Waals surface area contributed by atoms with Crippen molar-refractivity contribution in [1.29, 1.82) is 0 Å². The van der Waals surface area contributed by atoms with E-state index in [1.807, 2.05) is 121 Å². The molecule has 6 aromatic carbocycles. The Hall–Kier alpha value is -6.75. The van der Waals surface area contributed by atoms with E-state index in [4.69, 9.17) is 9.47 Å². The molecule has 0 fully saturated rings. The van der Waals surface area contributed by atoms with Crippen LogP contribution in [0.15, 0.2) is 158 Å². The summed E-state index contributed by atoms with van der Waals surface area (Å²) in [6.07, 6.45) is -2.67. The van der Waals surface area contributed by atoms with Gasteiger partial charge < -0.3 is 35.1 Å². The van der Waals surface area contributed by atoms with Gasteiger partial charge in [-0.3, -0.25) is 0 Å². The summed E-state index contributed by atoms with van der Waals surface area (Å²) in [7, 11) is 1.19. The van der Waals surface area contributed by atoms with E-state index in [1.54, 1.807) is 6.92 Å². The monoisotopic (exact) mass is 818 g/mol. The molecule has 61 heavy (non-hydrogen) atoms. The number of hydrogen-bond donors (Lipinski definition) is 4. The standard InChI is InChI=1S/C26H25NO5.C25H25NO3/c1-31-25(29)24(28)23(15-17-9-3-2-4-10-17)27-26(30)32-16-22-20-13-7-5-11-18(20)19-12-6-8-14-21(19)22;1-17(24(27)15-18-9-3-2-4-10-18)26-25(28)29-16-23-21-13-7-5-11-19(21)20-12-6-8-14-22(20)23/h2-14,22-24,28H,15-16H2,1H3,(H,27,30);2-14,17,23-24,27H,15-16H2,1H3,(H,26,28)/t23-,24+;17-,24-/m11/s1. The molecule has 10 nitrogen and oxygen atoms in total. The van der Waals surface area contributed by atoms with Crippen molar-refractivity contribution in [2.75, 3.05) is 20.3 Å². The Kier molecular flexibility index (Phi) is 13.9.